The summed E-state index contributed by atoms with van der Waals surface area (Å²) >= 11 is 1.41. The van der Waals surface area contributed by atoms with Crippen molar-refractivity contribution in [3.8, 4) is 17.0 Å². The number of carboxylic acid groups (broad SMARTS) is 1. The molecule has 0 atom stereocenters. The van der Waals surface area contributed by atoms with Gasteiger partial charge >= 0.3 is 18.1 Å². The van der Waals surface area contributed by atoms with E-state index in [0.717, 1.165) is 28.0 Å². The van der Waals surface area contributed by atoms with Gasteiger partial charge in [0.2, 0.25) is 0 Å². The highest BCUT2D eigenvalue weighted by atomic mass is 32.2. The summed E-state index contributed by atoms with van der Waals surface area (Å²) in [4.78, 5) is 39.1. The lowest BCUT2D eigenvalue weighted by atomic mass is 9.99. The quantitative estimate of drug-likeness (QED) is 0.465. The van der Waals surface area contributed by atoms with Crippen molar-refractivity contribution in [1.82, 2.24) is 14.9 Å². The fourth-order valence-corrected chi connectivity index (χ4v) is 5.01. The van der Waals surface area contributed by atoms with E-state index in [4.69, 9.17) is 0 Å². The Balaban J connectivity index is 1.95. The van der Waals surface area contributed by atoms with E-state index in [-0.39, 0.29) is 17.7 Å². The minimum atomic E-state index is -5.36. The van der Waals surface area contributed by atoms with E-state index in [1.165, 1.54) is 11.8 Å². The van der Waals surface area contributed by atoms with Crippen LogP contribution in [-0.4, -0.2) is 45.1 Å². The summed E-state index contributed by atoms with van der Waals surface area (Å²) in [5.74, 6) is -4.89. The molecule has 4 rings (SSSR count). The van der Waals surface area contributed by atoms with E-state index in [9.17, 15) is 32.7 Å². The summed E-state index contributed by atoms with van der Waals surface area (Å²) in [7, 11) is 1.92. The largest absolute Gasteiger partial charge is 0.491 e. The smallest absolute Gasteiger partial charge is 0.477 e. The number of rotatable bonds is 5. The van der Waals surface area contributed by atoms with E-state index in [2.05, 4.69) is 15.0 Å². The molecule has 0 bridgehead atoms. The Kier molecular flexibility index (Phi) is 6.21. The van der Waals surface area contributed by atoms with E-state index in [1.807, 2.05) is 30.7 Å². The van der Waals surface area contributed by atoms with Gasteiger partial charge in [0.25, 0.3) is 5.56 Å². The molecule has 1 aliphatic rings. The maximum atomic E-state index is 12.9. The van der Waals surface area contributed by atoms with Crippen LogP contribution >= 0.6 is 11.8 Å². The third-order valence-corrected chi connectivity index (χ3v) is 6.64. The average Bonchev–Trinajstić information content (AvgIpc) is 2.94. The van der Waals surface area contributed by atoms with Gasteiger partial charge in [0.05, 0.1) is 5.69 Å². The third-order valence-electron chi connectivity index (χ3n) is 5.59. The second-order valence-electron chi connectivity index (χ2n) is 7.68. The number of carbonyl (C=O) groups is 2. The number of H-pyrrole nitrogens is 1. The van der Waals surface area contributed by atoms with Crippen molar-refractivity contribution in [3.63, 3.8) is 0 Å². The molecule has 12 heteroatoms. The van der Waals surface area contributed by atoms with Gasteiger partial charge in [0.15, 0.2) is 11.3 Å². The molecule has 3 N–H and O–H groups in total. The lowest BCUT2D eigenvalue weighted by Crippen LogP contribution is -2.31. The van der Waals surface area contributed by atoms with Gasteiger partial charge in [-0.25, -0.2) is 9.59 Å². The van der Waals surface area contributed by atoms with Crippen LogP contribution in [0.4, 0.5) is 13.2 Å². The normalized spacial score (nSPS) is 13.3. The van der Waals surface area contributed by atoms with E-state index in [1.54, 1.807) is 6.07 Å². The van der Waals surface area contributed by atoms with Gasteiger partial charge in [-0.3, -0.25) is 4.79 Å². The highest BCUT2D eigenvalue weighted by Gasteiger charge is 2.43. The van der Waals surface area contributed by atoms with Crippen molar-refractivity contribution in [3.05, 3.63) is 45.4 Å². The van der Waals surface area contributed by atoms with Crippen LogP contribution in [0.25, 0.3) is 22.2 Å². The van der Waals surface area contributed by atoms with E-state index < -0.39 is 35.0 Å². The Morgan fingerprint density at radius 2 is 2.03 bits per heavy atom. The van der Waals surface area contributed by atoms with Crippen LogP contribution in [0.15, 0.2) is 27.9 Å². The zero-order valence-corrected chi connectivity index (χ0v) is 18.9. The molecule has 1 aromatic carbocycles. The Morgan fingerprint density at radius 3 is 2.68 bits per heavy atom. The molecule has 0 fully saturated rings. The number of pyridine rings is 1. The number of benzene rings is 1. The molecule has 8 nitrogen and oxygen atoms in total. The molecule has 0 aliphatic carbocycles. The summed E-state index contributed by atoms with van der Waals surface area (Å²) in [6.07, 6.45) is -5.28. The van der Waals surface area contributed by atoms with Crippen LogP contribution in [0.3, 0.4) is 0 Å². The molecule has 2 aromatic heterocycles. The Labute approximate surface area is 195 Å². The summed E-state index contributed by atoms with van der Waals surface area (Å²) in [5, 5.41) is 13.6. The number of alkyl halides is 3. The molecule has 0 amide bonds. The number of aromatic carboxylic acids is 1. The minimum absolute atomic E-state index is 0.0315. The topological polar surface area (TPSA) is 113 Å². The van der Waals surface area contributed by atoms with Gasteiger partial charge in [-0.15, -0.1) is 11.8 Å². The van der Waals surface area contributed by atoms with Crippen molar-refractivity contribution in [2.75, 3.05) is 12.3 Å². The average molecular weight is 495 g/mol. The summed E-state index contributed by atoms with van der Waals surface area (Å²) in [5.41, 5.74) is 0.424. The first-order valence-corrected chi connectivity index (χ1v) is 11.3. The van der Waals surface area contributed by atoms with Crippen LogP contribution < -0.4 is 15.6 Å². The maximum absolute atomic E-state index is 12.9. The predicted molar refractivity (Wildman–Crippen MR) is 119 cm³/mol. The second-order valence-corrected chi connectivity index (χ2v) is 8.82. The van der Waals surface area contributed by atoms with Crippen molar-refractivity contribution >= 4 is 34.6 Å². The van der Waals surface area contributed by atoms with Gasteiger partial charge in [-0.05, 0) is 31.2 Å². The van der Waals surface area contributed by atoms with Gasteiger partial charge in [-0.2, -0.15) is 13.2 Å². The standard InChI is InChI=1S/C22H20F3N3O5S/c1-3-26-9-11-6-10-7-13-15(8-14(10)28(11)2)34-5-4-12-17(13)27-19(29)16(20(30)31)18(12)33-21(32)22(23,24)25/h6-8,26H,3-5,9H2,1-2H3,(H,27,29)(H,30,31). The fourth-order valence-electron chi connectivity index (χ4n) is 3.97. The van der Waals surface area contributed by atoms with E-state index >= 15 is 0 Å². The first-order valence-electron chi connectivity index (χ1n) is 10.3. The number of aromatic amines is 1. The highest BCUT2D eigenvalue weighted by Crippen LogP contribution is 2.42. The molecule has 1 aliphatic heterocycles. The molecule has 0 unspecified atom stereocenters. The Morgan fingerprint density at radius 1 is 1.29 bits per heavy atom. The summed E-state index contributed by atoms with van der Waals surface area (Å²) in [6.45, 7) is 3.41. The maximum Gasteiger partial charge on any atom is 0.491 e. The molecule has 0 saturated carbocycles. The number of aryl methyl sites for hydroxylation is 1. The van der Waals surface area contributed by atoms with Gasteiger partial charge in [0.1, 0.15) is 0 Å². The molecular formula is C22H20F3N3O5S. The summed E-state index contributed by atoms with van der Waals surface area (Å²) in [6, 6.07) is 5.68. The molecule has 180 valence electrons. The zero-order valence-electron chi connectivity index (χ0n) is 18.1. The van der Waals surface area contributed by atoms with Crippen molar-refractivity contribution < 1.29 is 32.6 Å². The molecule has 3 aromatic rings. The molecule has 0 radical (unpaired) electrons. The SMILES string of the molecule is CCNCc1cc2cc3c(cc2n1C)SCCc1c-3[nH]c(=O)c(C(=O)O)c1OC(=O)C(F)(F)F. The number of fused-ring (bicyclic) bond motifs is 4. The number of thioether (sulfide) groups is 1. The van der Waals surface area contributed by atoms with Gasteiger partial charge < -0.3 is 24.7 Å². The number of hydrogen-bond acceptors (Lipinski definition) is 6. The Bertz CT molecular complexity index is 1380. The van der Waals surface area contributed by atoms with Crippen LogP contribution in [0.5, 0.6) is 5.75 Å². The van der Waals surface area contributed by atoms with Crippen LogP contribution in [0, 0.1) is 0 Å². The van der Waals surface area contributed by atoms with Crippen LogP contribution in [0.1, 0.15) is 28.5 Å². The zero-order chi connectivity index (χ0) is 24.8. The molecule has 0 spiro atoms. The first kappa shape index (κ1) is 23.9. The number of aromatic nitrogens is 2. The highest BCUT2D eigenvalue weighted by molar-refractivity contribution is 7.99. The van der Waals surface area contributed by atoms with Crippen LogP contribution in [0.2, 0.25) is 0 Å². The molecule has 34 heavy (non-hydrogen) atoms. The second kappa shape index (κ2) is 8.84. The van der Waals surface area contributed by atoms with Crippen molar-refractivity contribution in [2.45, 2.75) is 31.0 Å². The number of carboxylic acids is 1. The number of halogens is 3. The number of carbonyl (C=O) groups excluding carboxylic acids is 1. The monoisotopic (exact) mass is 495 g/mol. The summed E-state index contributed by atoms with van der Waals surface area (Å²) < 4.78 is 45.2. The Hall–Kier alpha value is -3.25. The van der Waals surface area contributed by atoms with Crippen molar-refractivity contribution in [1.29, 1.82) is 0 Å². The minimum Gasteiger partial charge on any atom is -0.477 e. The van der Waals surface area contributed by atoms with Crippen molar-refractivity contribution in [2.24, 2.45) is 7.05 Å². The molecular weight excluding hydrogens is 475 g/mol. The lowest BCUT2D eigenvalue weighted by molar-refractivity contribution is -0.189. The number of nitrogens with zero attached hydrogens (tertiary/aromatic N) is 1. The number of ether oxygens (including phenoxy) is 1. The number of hydrogen-bond donors (Lipinski definition) is 3. The molecule has 0 saturated heterocycles. The van der Waals surface area contributed by atoms with Gasteiger partial charge in [0, 0.05) is 52.0 Å². The number of nitrogens with one attached hydrogen (secondary N) is 2. The fraction of sp³-hybridized carbons (Fsp3) is 0.318. The molecule has 3 heterocycles. The first-order chi connectivity index (χ1) is 16.0. The number of esters is 1. The third kappa shape index (κ3) is 4.18. The van der Waals surface area contributed by atoms with E-state index in [0.29, 0.717) is 17.9 Å². The van der Waals surface area contributed by atoms with Crippen LogP contribution in [-0.2, 0) is 24.8 Å². The lowest BCUT2D eigenvalue weighted by Gasteiger charge is -2.16. The predicted octanol–water partition coefficient (Wildman–Crippen LogP) is 3.46. The van der Waals surface area contributed by atoms with Gasteiger partial charge in [-0.1, -0.05) is 6.92 Å².